The van der Waals surface area contributed by atoms with E-state index in [1.54, 1.807) is 78.2 Å². The quantitative estimate of drug-likeness (QED) is 0.0195. The van der Waals surface area contributed by atoms with Gasteiger partial charge in [-0.15, -0.1) is 34.0 Å². The maximum Gasteiger partial charge on any atom is 0.270 e. The van der Waals surface area contributed by atoms with Crippen LogP contribution in [-0.2, 0) is 19.6 Å². The zero-order valence-corrected chi connectivity index (χ0v) is 64.4. The van der Waals surface area contributed by atoms with E-state index in [-0.39, 0.29) is 5.69 Å². The van der Waals surface area contributed by atoms with Crippen molar-refractivity contribution in [3.8, 4) is 48.9 Å². The van der Waals surface area contributed by atoms with Crippen molar-refractivity contribution < 1.29 is 4.79 Å². The summed E-state index contributed by atoms with van der Waals surface area (Å²) >= 11 is 5.94. The fraction of sp³-hybridized carbons (Fsp3) is 0.234. The monoisotopic (exact) mass is 1490 g/mol. The molecule has 9 N–H and O–H groups in total. The summed E-state index contributed by atoms with van der Waals surface area (Å²) in [5, 5.41) is 35.6. The van der Waals surface area contributed by atoms with E-state index in [0.717, 1.165) is 93.7 Å². The average molecular weight is 1490 g/mol. The topological polar surface area (TPSA) is 325 Å². The number of thiazole rings is 4. The van der Waals surface area contributed by atoms with E-state index in [2.05, 4.69) is 222 Å². The number of hydrogen-bond donors (Lipinski definition) is 8. The van der Waals surface area contributed by atoms with Crippen molar-refractivity contribution in [2.24, 2.45) is 5.73 Å². The maximum absolute atomic E-state index is 11.9. The molecule has 9 heterocycles. The third kappa shape index (κ3) is 24.1. The molecule has 0 radical (unpaired) electrons. The van der Waals surface area contributed by atoms with Gasteiger partial charge >= 0.3 is 0 Å². The van der Waals surface area contributed by atoms with Gasteiger partial charge in [0, 0.05) is 121 Å². The number of aryl methyl sites for hydroxylation is 8. The van der Waals surface area contributed by atoms with E-state index < -0.39 is 5.91 Å². The van der Waals surface area contributed by atoms with E-state index in [4.69, 9.17) is 11.0 Å². The molecule has 0 saturated carbocycles. The first-order valence-electron chi connectivity index (χ1n) is 33.8. The number of pyridine rings is 1. The van der Waals surface area contributed by atoms with Gasteiger partial charge in [0.15, 0.2) is 5.69 Å². The SMILES string of the molecule is Cc1cc(C)cc(Nc2nccc(-c3nc(C(N)=O)c(NCc4cccnc4)s3)n2)c1.Cc1cc(C)cc(Nc2nccc(-c3ncc(C#N)s3)n2)c1.Cc1cc(C)cc(Nc2nccc(-c3ncc(CNCCN(C)C)s3)n2)c1.Cc1cc(C)cc(Nc2nccc(-c3ncc(CNCN(C)C)s3)n2)c1. The van der Waals surface area contributed by atoms with Crippen molar-refractivity contribution in [2.75, 3.05) is 74.5 Å². The number of nitrogens with zero attached hydrogens (tertiary/aromatic N) is 16. The van der Waals surface area contributed by atoms with Crippen LogP contribution >= 0.6 is 45.3 Å². The van der Waals surface area contributed by atoms with Crippen LogP contribution in [0.1, 0.15) is 75.2 Å². The van der Waals surface area contributed by atoms with Gasteiger partial charge in [-0.05, 0) is 213 Å². The normalized spacial score (nSPS) is 10.8. The first-order chi connectivity index (χ1) is 51.1. The van der Waals surface area contributed by atoms with Crippen molar-refractivity contribution in [3.05, 3.63) is 235 Å². The highest BCUT2D eigenvalue weighted by molar-refractivity contribution is 7.19. The molecule has 13 aromatic rings. The Hall–Kier alpha value is -11.3. The molecule has 25 nitrogen and oxygen atoms in total. The molecule has 13 rings (SSSR count). The van der Waals surface area contributed by atoms with Gasteiger partial charge in [-0.2, -0.15) is 5.26 Å². The van der Waals surface area contributed by atoms with Gasteiger partial charge in [-0.1, -0.05) is 41.7 Å². The summed E-state index contributed by atoms with van der Waals surface area (Å²) in [6, 6.07) is 38.2. The van der Waals surface area contributed by atoms with Crippen LogP contribution in [0, 0.1) is 66.7 Å². The van der Waals surface area contributed by atoms with Crippen molar-refractivity contribution in [1.29, 1.82) is 5.26 Å². The summed E-state index contributed by atoms with van der Waals surface area (Å²) in [5.74, 6) is 1.52. The number of amides is 1. The average Bonchev–Trinajstić information content (AvgIpc) is 1.64. The number of rotatable bonds is 25. The number of nitriles is 1. The van der Waals surface area contributed by atoms with Gasteiger partial charge in [0.25, 0.3) is 5.91 Å². The first kappa shape index (κ1) is 77.3. The molecule has 0 spiro atoms. The van der Waals surface area contributed by atoms with Crippen LogP contribution in [0.4, 0.5) is 51.5 Å². The van der Waals surface area contributed by atoms with E-state index in [9.17, 15) is 4.79 Å². The molecule has 0 aliphatic heterocycles. The summed E-state index contributed by atoms with van der Waals surface area (Å²) in [4.78, 5) is 76.4. The van der Waals surface area contributed by atoms with Crippen LogP contribution in [0.5, 0.6) is 0 Å². The van der Waals surface area contributed by atoms with Gasteiger partial charge in [0.2, 0.25) is 23.8 Å². The lowest BCUT2D eigenvalue weighted by Crippen LogP contribution is -2.27. The summed E-state index contributed by atoms with van der Waals surface area (Å²) in [6.07, 6.45) is 15.7. The molecule has 9 aromatic heterocycles. The fourth-order valence-corrected chi connectivity index (χ4v) is 14.0. The molecule has 542 valence electrons. The minimum atomic E-state index is -0.598. The number of nitrogens with one attached hydrogen (secondary N) is 7. The second-order valence-corrected chi connectivity index (χ2v) is 29.7. The summed E-state index contributed by atoms with van der Waals surface area (Å²) in [6.45, 7) is 21.4. The number of anilines is 9. The highest BCUT2D eigenvalue weighted by Gasteiger charge is 2.19. The number of carbonyl (C=O) groups excluding carboxylic acids is 1. The summed E-state index contributed by atoms with van der Waals surface area (Å²) in [7, 11) is 8.23. The Morgan fingerprint density at radius 2 is 0.840 bits per heavy atom. The molecule has 4 aromatic carbocycles. The molecular formula is C77H84N24OS4. The number of aromatic nitrogens is 13. The Bertz CT molecular complexity index is 5030. The molecule has 29 heteroatoms. The number of carbonyl (C=O) groups is 1. The van der Waals surface area contributed by atoms with Gasteiger partial charge in [-0.25, -0.2) is 59.8 Å². The molecule has 0 atom stereocenters. The Labute approximate surface area is 633 Å². The van der Waals surface area contributed by atoms with E-state index in [1.165, 1.54) is 65.8 Å². The number of nitrogens with two attached hydrogens (primary N) is 1. The Kier molecular flexibility index (Phi) is 27.6. The fourth-order valence-electron chi connectivity index (χ4n) is 10.6. The molecule has 0 aliphatic carbocycles. The van der Waals surface area contributed by atoms with Crippen molar-refractivity contribution in [2.45, 2.75) is 75.0 Å². The van der Waals surface area contributed by atoms with Crippen molar-refractivity contribution in [3.63, 3.8) is 0 Å². The molecule has 0 bridgehead atoms. The van der Waals surface area contributed by atoms with Crippen molar-refractivity contribution >= 4 is 103 Å². The minimum absolute atomic E-state index is 0.186. The predicted octanol–water partition coefficient (Wildman–Crippen LogP) is 15.1. The van der Waals surface area contributed by atoms with Crippen molar-refractivity contribution in [1.82, 2.24) is 85.2 Å². The second-order valence-electron chi connectivity index (χ2n) is 25.4. The first-order valence-corrected chi connectivity index (χ1v) is 37.0. The number of benzene rings is 4. The predicted molar refractivity (Wildman–Crippen MR) is 430 cm³/mol. The largest absolute Gasteiger partial charge is 0.371 e. The third-order valence-corrected chi connectivity index (χ3v) is 18.9. The van der Waals surface area contributed by atoms with E-state index >= 15 is 0 Å². The molecule has 0 fully saturated rings. The Morgan fingerprint density at radius 3 is 1.21 bits per heavy atom. The van der Waals surface area contributed by atoms with Gasteiger partial charge in [-0.3, -0.25) is 20.0 Å². The number of primary amides is 1. The lowest BCUT2D eigenvalue weighted by Gasteiger charge is -2.09. The number of hydrogen-bond acceptors (Lipinski definition) is 28. The molecular weight excluding hydrogens is 1410 g/mol. The van der Waals surface area contributed by atoms with Crippen LogP contribution < -0.4 is 43.0 Å². The molecule has 0 unspecified atom stereocenters. The zero-order chi connectivity index (χ0) is 75.1. The lowest BCUT2D eigenvalue weighted by atomic mass is 10.1. The highest BCUT2D eigenvalue weighted by atomic mass is 32.1. The van der Waals surface area contributed by atoms with Gasteiger partial charge in [0.1, 0.15) is 58.8 Å². The molecule has 0 aliphatic rings. The molecule has 0 saturated heterocycles. The standard InChI is InChI=1S/C22H21N7OS.C20H26N6S.C19H24N6S.C16H13N5S/c1-13-8-14(2)10-16(9-13)27-22-25-7-5-17(28-22)20-29-18(19(23)30)21(31-20)26-12-15-4-3-6-24-11-15;1-14-9-15(2)11-16(10-14)24-20-22-6-5-18(25-20)19-23-13-17(27-19)12-21-7-8-26(3)4;1-13-7-14(2)9-15(8-13)23-19-21-6-5-17(24-19)18-22-11-16(26-18)10-20-12-25(3)4;1-10-5-11(2)7-12(6-10)20-16-18-4-3-14(21-16)15-19-9-13(8-17)22-15/h3-11,26H,12H2,1-2H3,(H2,23,30)(H,25,27,28);5-6,9-11,13,21H,7-8,12H2,1-4H3,(H,22,24,25);5-9,11,20H,10,12H2,1-4H3,(H,21,23,24);3-7,9H,1-2H3,(H,18,20,21). The Morgan fingerprint density at radius 1 is 0.443 bits per heavy atom. The lowest BCUT2D eigenvalue weighted by molar-refractivity contribution is 0.0997. The van der Waals surface area contributed by atoms with Crippen LogP contribution in [0.25, 0.3) is 42.8 Å². The van der Waals surface area contributed by atoms with Crippen LogP contribution in [0.15, 0.2) is 165 Å². The van der Waals surface area contributed by atoms with Crippen LogP contribution in [0.2, 0.25) is 0 Å². The summed E-state index contributed by atoms with van der Waals surface area (Å²) < 4.78 is 0. The molecule has 106 heavy (non-hydrogen) atoms. The van der Waals surface area contributed by atoms with E-state index in [0.29, 0.717) is 61.6 Å². The van der Waals surface area contributed by atoms with Crippen LogP contribution in [-0.4, -0.2) is 128 Å². The van der Waals surface area contributed by atoms with E-state index in [1.807, 2.05) is 88.9 Å². The second kappa shape index (κ2) is 37.9. The highest BCUT2D eigenvalue weighted by Crippen LogP contribution is 2.34. The smallest absolute Gasteiger partial charge is 0.270 e. The molecule has 1 amide bonds. The zero-order valence-electron chi connectivity index (χ0n) is 61.1. The van der Waals surface area contributed by atoms with Gasteiger partial charge < -0.3 is 42.5 Å². The Balaban J connectivity index is 0.000000152. The van der Waals surface area contributed by atoms with Gasteiger partial charge in [0.05, 0.1) is 6.20 Å². The minimum Gasteiger partial charge on any atom is -0.371 e. The number of likely N-dealkylation sites (N-methyl/N-ethyl adjacent to an activating group) is 1. The summed E-state index contributed by atoms with van der Waals surface area (Å²) in [5.41, 5.74) is 23.0. The third-order valence-electron chi connectivity index (χ3n) is 14.9. The maximum atomic E-state index is 11.9. The van der Waals surface area contributed by atoms with Crippen LogP contribution in [0.3, 0.4) is 0 Å².